The Kier molecular flexibility index (Phi) is 6.50. The van der Waals surface area contributed by atoms with Gasteiger partial charge in [-0.3, -0.25) is 9.59 Å². The second-order valence-corrected chi connectivity index (χ2v) is 8.02. The summed E-state index contributed by atoms with van der Waals surface area (Å²) in [7, 11) is 3.13. The average Bonchev–Trinajstić information content (AvgIpc) is 3.12. The highest BCUT2D eigenvalue weighted by molar-refractivity contribution is 7.15. The molecule has 33 heavy (non-hydrogen) atoms. The summed E-state index contributed by atoms with van der Waals surface area (Å²) >= 11 is 1.10. The van der Waals surface area contributed by atoms with Gasteiger partial charge in [0.05, 0.1) is 18.8 Å². The average molecular weight is 464 g/mol. The van der Waals surface area contributed by atoms with Gasteiger partial charge in [0.15, 0.2) is 11.5 Å². The van der Waals surface area contributed by atoms with Crippen LogP contribution in [0.1, 0.15) is 16.8 Å². The summed E-state index contributed by atoms with van der Waals surface area (Å²) in [6.45, 7) is 3.98. The third-order valence-electron chi connectivity index (χ3n) is 4.82. The van der Waals surface area contributed by atoms with Crippen LogP contribution in [-0.2, 0) is 6.42 Å². The molecular formula is C24H21N3O5S. The van der Waals surface area contributed by atoms with Crippen molar-refractivity contribution in [3.63, 3.8) is 0 Å². The smallest absolute Gasteiger partial charge is 0.296 e. The summed E-state index contributed by atoms with van der Waals surface area (Å²) in [6.07, 6.45) is 3.61. The quantitative estimate of drug-likeness (QED) is 0.370. The number of hydrogen-bond donors (Lipinski definition) is 0. The molecule has 2 aromatic carbocycles. The van der Waals surface area contributed by atoms with E-state index in [1.165, 1.54) is 4.52 Å². The van der Waals surface area contributed by atoms with E-state index >= 15 is 0 Å². The van der Waals surface area contributed by atoms with E-state index in [0.29, 0.717) is 28.4 Å². The van der Waals surface area contributed by atoms with E-state index in [2.05, 4.69) is 16.7 Å². The van der Waals surface area contributed by atoms with Crippen molar-refractivity contribution >= 4 is 22.4 Å². The fraction of sp³-hybridized carbons (Fsp3) is 0.167. The van der Waals surface area contributed by atoms with Crippen molar-refractivity contribution in [2.45, 2.75) is 6.42 Å². The Labute approximate surface area is 193 Å². The lowest BCUT2D eigenvalue weighted by molar-refractivity contribution is 0.326. The Morgan fingerprint density at radius 1 is 1.06 bits per heavy atom. The Hall–Kier alpha value is -3.98. The van der Waals surface area contributed by atoms with Crippen molar-refractivity contribution in [1.29, 1.82) is 0 Å². The number of hydrogen-bond acceptors (Lipinski definition) is 8. The van der Waals surface area contributed by atoms with Crippen LogP contribution in [0.15, 0.2) is 64.7 Å². The summed E-state index contributed by atoms with van der Waals surface area (Å²) in [5, 5.41) is 4.29. The first kappa shape index (κ1) is 22.2. The summed E-state index contributed by atoms with van der Waals surface area (Å²) in [4.78, 5) is 29.8. The van der Waals surface area contributed by atoms with Crippen LogP contribution in [0.2, 0.25) is 0 Å². The number of fused-ring (bicyclic) bond motifs is 1. The van der Waals surface area contributed by atoms with Crippen LogP contribution in [0.5, 0.6) is 17.2 Å². The lowest BCUT2D eigenvalue weighted by Crippen LogP contribution is -2.28. The van der Waals surface area contributed by atoms with Gasteiger partial charge in [0.1, 0.15) is 18.1 Å². The summed E-state index contributed by atoms with van der Waals surface area (Å²) in [6, 6.07) is 12.6. The first-order chi connectivity index (χ1) is 16.0. The molecule has 9 heteroatoms. The minimum atomic E-state index is -0.455. The number of ether oxygens (including phenoxy) is 3. The molecule has 0 atom stereocenters. The van der Waals surface area contributed by atoms with Crippen LogP contribution < -0.4 is 29.9 Å². The zero-order chi connectivity index (χ0) is 23.4. The van der Waals surface area contributed by atoms with Gasteiger partial charge in [-0.2, -0.15) is 14.6 Å². The van der Waals surface area contributed by atoms with E-state index in [0.717, 1.165) is 22.5 Å². The highest BCUT2D eigenvalue weighted by Crippen LogP contribution is 2.28. The molecule has 0 aliphatic carbocycles. The second-order valence-electron chi connectivity index (χ2n) is 7.01. The van der Waals surface area contributed by atoms with E-state index < -0.39 is 5.56 Å². The maximum atomic E-state index is 12.9. The lowest BCUT2D eigenvalue weighted by Gasteiger charge is -2.09. The van der Waals surface area contributed by atoms with Crippen molar-refractivity contribution in [3.8, 4) is 17.2 Å². The topological polar surface area (TPSA) is 92.0 Å². The van der Waals surface area contributed by atoms with Gasteiger partial charge in [0, 0.05) is 6.42 Å². The molecule has 4 aromatic rings. The van der Waals surface area contributed by atoms with Crippen molar-refractivity contribution < 1.29 is 14.2 Å². The normalized spacial score (nSPS) is 11.5. The van der Waals surface area contributed by atoms with Crippen molar-refractivity contribution in [2.75, 3.05) is 20.8 Å². The van der Waals surface area contributed by atoms with Crippen molar-refractivity contribution in [3.05, 3.63) is 97.2 Å². The van der Waals surface area contributed by atoms with Gasteiger partial charge in [-0.15, -0.1) is 0 Å². The number of nitrogens with zero attached hydrogens (tertiary/aromatic N) is 3. The fourth-order valence-electron chi connectivity index (χ4n) is 3.18. The van der Waals surface area contributed by atoms with E-state index in [1.54, 1.807) is 50.6 Å². The van der Waals surface area contributed by atoms with E-state index in [9.17, 15) is 9.59 Å². The SMILES string of the molecule is C=CCOc1ccc(C=c2sc3nc(=O)c(Cc4ccc(OC)cc4)nn3c2=O)cc1OC. The number of benzene rings is 2. The maximum absolute atomic E-state index is 12.9. The molecule has 2 aromatic heterocycles. The van der Waals surface area contributed by atoms with Crippen LogP contribution in [0, 0.1) is 0 Å². The Morgan fingerprint density at radius 3 is 2.55 bits per heavy atom. The Bertz CT molecular complexity index is 1480. The summed E-state index contributed by atoms with van der Waals surface area (Å²) < 4.78 is 17.7. The monoisotopic (exact) mass is 463 g/mol. The molecule has 4 rings (SSSR count). The van der Waals surface area contributed by atoms with E-state index in [1.807, 2.05) is 18.2 Å². The van der Waals surface area contributed by atoms with Crippen LogP contribution in [-0.4, -0.2) is 35.4 Å². The summed E-state index contributed by atoms with van der Waals surface area (Å²) in [5.41, 5.74) is 1.00. The van der Waals surface area contributed by atoms with E-state index in [4.69, 9.17) is 14.2 Å². The molecule has 0 unspecified atom stereocenters. The number of rotatable bonds is 8. The molecule has 0 saturated carbocycles. The third-order valence-corrected chi connectivity index (χ3v) is 5.78. The van der Waals surface area contributed by atoms with Gasteiger partial charge >= 0.3 is 0 Å². The Balaban J connectivity index is 1.70. The van der Waals surface area contributed by atoms with Gasteiger partial charge in [-0.1, -0.05) is 42.2 Å². The zero-order valence-electron chi connectivity index (χ0n) is 18.1. The molecule has 2 heterocycles. The molecule has 0 saturated heterocycles. The molecule has 0 N–H and O–H groups in total. The van der Waals surface area contributed by atoms with Crippen LogP contribution in [0.25, 0.3) is 11.0 Å². The fourth-order valence-corrected chi connectivity index (χ4v) is 4.09. The van der Waals surface area contributed by atoms with Crippen molar-refractivity contribution in [1.82, 2.24) is 14.6 Å². The van der Waals surface area contributed by atoms with Gasteiger partial charge in [-0.05, 0) is 41.5 Å². The number of thiazole rings is 1. The molecule has 0 bridgehead atoms. The molecule has 0 aliphatic heterocycles. The largest absolute Gasteiger partial charge is 0.497 e. The third kappa shape index (κ3) is 4.78. The molecular weight excluding hydrogens is 442 g/mol. The first-order valence-corrected chi connectivity index (χ1v) is 10.8. The molecule has 0 amide bonds. The molecule has 168 valence electrons. The summed E-state index contributed by atoms with van der Waals surface area (Å²) in [5.74, 6) is 1.82. The van der Waals surface area contributed by atoms with Gasteiger partial charge in [0.25, 0.3) is 11.1 Å². The molecule has 0 aliphatic rings. The second kappa shape index (κ2) is 9.66. The minimum absolute atomic E-state index is 0.199. The van der Waals surface area contributed by atoms with Gasteiger partial charge in [-0.25, -0.2) is 0 Å². The van der Waals surface area contributed by atoms with Crippen LogP contribution in [0.4, 0.5) is 0 Å². The lowest BCUT2D eigenvalue weighted by atomic mass is 10.1. The first-order valence-electron chi connectivity index (χ1n) is 10.0. The maximum Gasteiger partial charge on any atom is 0.296 e. The zero-order valence-corrected chi connectivity index (χ0v) is 18.9. The molecule has 8 nitrogen and oxygen atoms in total. The van der Waals surface area contributed by atoms with Gasteiger partial charge < -0.3 is 14.2 Å². The highest BCUT2D eigenvalue weighted by Gasteiger charge is 2.12. The van der Waals surface area contributed by atoms with E-state index in [-0.39, 0.29) is 22.6 Å². The molecule has 0 radical (unpaired) electrons. The number of methoxy groups -OCH3 is 2. The molecule has 0 spiro atoms. The standard InChI is InChI=1S/C24H21N3O5S/c1-4-11-32-19-10-7-16(13-20(19)31-3)14-21-23(29)27-24(33-21)25-22(28)18(26-27)12-15-5-8-17(30-2)9-6-15/h4-10,13-14H,1,11-12H2,2-3H3. The number of aromatic nitrogens is 3. The molecule has 0 fully saturated rings. The van der Waals surface area contributed by atoms with Crippen LogP contribution in [0.3, 0.4) is 0 Å². The van der Waals surface area contributed by atoms with Gasteiger partial charge in [0.2, 0.25) is 4.96 Å². The minimum Gasteiger partial charge on any atom is -0.497 e. The highest BCUT2D eigenvalue weighted by atomic mass is 32.1. The van der Waals surface area contributed by atoms with Crippen LogP contribution >= 0.6 is 11.3 Å². The predicted molar refractivity (Wildman–Crippen MR) is 127 cm³/mol. The Morgan fingerprint density at radius 2 is 1.85 bits per heavy atom. The van der Waals surface area contributed by atoms with Crippen molar-refractivity contribution in [2.24, 2.45) is 0 Å². The predicted octanol–water partition coefficient (Wildman–Crippen LogP) is 2.23.